The fraction of sp³-hybridized carbons (Fsp3) is 0.0367. The van der Waals surface area contributed by atoms with E-state index in [0.29, 0.717) is 5.82 Å². The van der Waals surface area contributed by atoms with E-state index < -0.39 is 21.7 Å². The molecule has 0 radical (unpaired) electrons. The number of hydrogen-bond acceptors (Lipinski definition) is 3. The average Bonchev–Trinajstić information content (AvgIpc) is 1.41. The van der Waals surface area contributed by atoms with Crippen LogP contribution in [0.25, 0.3) is 89.8 Å². The molecule has 0 aliphatic heterocycles. The van der Waals surface area contributed by atoms with Crippen LogP contribution in [0.5, 0.6) is 0 Å². The summed E-state index contributed by atoms with van der Waals surface area (Å²) in [5.74, 6) is 0.713. The van der Waals surface area contributed by atoms with Gasteiger partial charge >= 0.3 is 0 Å². The molecule has 0 spiro atoms. The molecule has 4 aliphatic carbocycles. The molecule has 0 bridgehead atoms. The van der Waals surface area contributed by atoms with E-state index in [1.165, 1.54) is 117 Å². The normalized spacial score (nSPS) is 17.4. The molecule has 3 nitrogen and oxygen atoms in total. The van der Waals surface area contributed by atoms with Crippen molar-refractivity contribution in [2.45, 2.75) is 21.7 Å². The maximum Gasteiger partial charge on any atom is 0.160 e. The van der Waals surface area contributed by atoms with Crippen molar-refractivity contribution in [1.82, 2.24) is 15.0 Å². The highest BCUT2D eigenvalue weighted by atomic mass is 14.9. The van der Waals surface area contributed by atoms with Gasteiger partial charge in [-0.3, -0.25) is 0 Å². The number of fused-ring (bicyclic) bond motifs is 10. The lowest BCUT2D eigenvalue weighted by Gasteiger charge is -2.49. The van der Waals surface area contributed by atoms with Crippen molar-refractivity contribution < 1.29 is 0 Å². The number of hydrogen-bond donors (Lipinski definition) is 0. The van der Waals surface area contributed by atoms with Gasteiger partial charge in [0.1, 0.15) is 0 Å². The highest BCUT2D eigenvalue weighted by molar-refractivity contribution is 5.94. The minimum Gasteiger partial charge on any atom is -0.248 e. The fourth-order valence-electron chi connectivity index (χ4n) is 19.8. The molecule has 16 aromatic carbocycles. The molecular formula is C109H73N3. The fourth-order valence-corrected chi connectivity index (χ4v) is 19.8. The summed E-state index contributed by atoms with van der Waals surface area (Å²) in [6, 6.07) is 162. The molecule has 22 rings (SSSR count). The molecule has 3 heteroatoms. The Labute approximate surface area is 654 Å². The maximum atomic E-state index is 5.28. The summed E-state index contributed by atoms with van der Waals surface area (Å²) < 4.78 is 0. The van der Waals surface area contributed by atoms with Crippen molar-refractivity contribution >= 4 is 0 Å². The summed E-state index contributed by atoms with van der Waals surface area (Å²) in [5.41, 5.74) is 35.2. The van der Waals surface area contributed by atoms with E-state index in [1.54, 1.807) is 0 Å². The average molecular weight is 1420 g/mol. The Morgan fingerprint density at radius 3 is 0.759 bits per heavy atom. The van der Waals surface area contributed by atoms with E-state index in [4.69, 9.17) is 15.0 Å². The van der Waals surface area contributed by atoms with Crippen LogP contribution in [-0.4, -0.2) is 15.0 Å². The van der Waals surface area contributed by atoms with Crippen LogP contribution in [0.2, 0.25) is 0 Å². The van der Waals surface area contributed by atoms with Crippen LogP contribution in [0, 0.1) is 0 Å². The Morgan fingerprint density at radius 2 is 0.393 bits per heavy atom. The molecule has 0 saturated heterocycles. The van der Waals surface area contributed by atoms with Gasteiger partial charge in [-0.2, -0.15) is 0 Å². The van der Waals surface area contributed by atoms with Crippen molar-refractivity contribution in [3.8, 4) is 89.8 Å². The number of nitrogens with zero attached hydrogens (tertiary/aromatic N) is 3. The van der Waals surface area contributed by atoms with Crippen molar-refractivity contribution in [1.29, 1.82) is 0 Å². The van der Waals surface area contributed by atoms with Gasteiger partial charge in [0.15, 0.2) is 5.82 Å². The lowest BCUT2D eigenvalue weighted by molar-refractivity contribution is 0.627. The summed E-state index contributed by atoms with van der Waals surface area (Å²) in [6.07, 6.45) is 0. The molecule has 4 aliphatic rings. The lowest BCUT2D eigenvalue weighted by Crippen LogP contribution is -2.44. The van der Waals surface area contributed by atoms with Gasteiger partial charge in [-0.15, -0.1) is 0 Å². The second kappa shape index (κ2) is 26.9. The molecular weight excluding hydrogens is 1350 g/mol. The number of pyridine rings is 1. The van der Waals surface area contributed by atoms with E-state index in [9.17, 15) is 0 Å². The topological polar surface area (TPSA) is 38.7 Å². The van der Waals surface area contributed by atoms with Crippen molar-refractivity contribution in [2.75, 3.05) is 0 Å². The van der Waals surface area contributed by atoms with Crippen molar-refractivity contribution in [3.05, 3.63) is 532 Å². The van der Waals surface area contributed by atoms with Crippen molar-refractivity contribution in [3.63, 3.8) is 0 Å². The van der Waals surface area contributed by atoms with Crippen LogP contribution in [0.1, 0.15) is 89.0 Å². The third-order valence-electron chi connectivity index (χ3n) is 24.3. The van der Waals surface area contributed by atoms with Crippen LogP contribution in [0.15, 0.2) is 443 Å². The molecule has 2 aromatic heterocycles. The molecule has 0 saturated carbocycles. The minimum atomic E-state index is -0.599. The van der Waals surface area contributed by atoms with Crippen LogP contribution in [-0.2, 0) is 21.7 Å². The Hall–Kier alpha value is -14.3. The van der Waals surface area contributed by atoms with Gasteiger partial charge in [0, 0.05) is 27.8 Å². The zero-order valence-corrected chi connectivity index (χ0v) is 61.5. The van der Waals surface area contributed by atoms with E-state index in [-0.39, 0.29) is 0 Å². The second-order valence-electron chi connectivity index (χ2n) is 29.8. The van der Waals surface area contributed by atoms with E-state index in [0.717, 1.165) is 56.2 Å². The zero-order valence-electron chi connectivity index (χ0n) is 61.5. The van der Waals surface area contributed by atoms with Crippen LogP contribution >= 0.6 is 0 Å². The van der Waals surface area contributed by atoms with Gasteiger partial charge in [-0.1, -0.05) is 425 Å². The first kappa shape index (κ1) is 66.0. The summed E-state index contributed by atoms with van der Waals surface area (Å²) in [4.78, 5) is 15.5. The Kier molecular flexibility index (Phi) is 15.8. The molecule has 18 aromatic rings. The van der Waals surface area contributed by atoms with Gasteiger partial charge < -0.3 is 0 Å². The monoisotopic (exact) mass is 1420 g/mol. The molecule has 0 amide bonds. The number of benzene rings is 16. The first-order valence-electron chi connectivity index (χ1n) is 38.8. The first-order chi connectivity index (χ1) is 55.5. The van der Waals surface area contributed by atoms with E-state index in [1.807, 2.05) is 24.3 Å². The zero-order chi connectivity index (χ0) is 74.2. The Morgan fingerprint density at radius 1 is 0.143 bits per heavy atom. The highest BCUT2D eigenvalue weighted by Crippen LogP contribution is 2.68. The van der Waals surface area contributed by atoms with Crippen LogP contribution < -0.4 is 0 Å². The SMILES string of the molecule is c1ccc(-c2cc(-c3ccc(C4(c5ccccc5)c5ccccc5C5(c6ccccc6)c6ccccc6-c6cccc4c65)cc3)nc(-c3ccccc3)n2)cc1.c1ccc(-c2cc(-c3ccccc3)nc(-c3ccc(C4(c5ccccc5)c5ccccc5C5(c6ccccc6)c6ccccc6-c6cccc4c65)cc3)c2)cc1. The molecule has 2 heterocycles. The van der Waals surface area contributed by atoms with E-state index in [2.05, 4.69) is 419 Å². The van der Waals surface area contributed by atoms with E-state index >= 15 is 0 Å². The molecule has 524 valence electrons. The summed E-state index contributed by atoms with van der Waals surface area (Å²) in [5, 5.41) is 0. The maximum absolute atomic E-state index is 5.28. The number of rotatable bonds is 12. The smallest absolute Gasteiger partial charge is 0.160 e. The third-order valence-corrected chi connectivity index (χ3v) is 24.3. The molecule has 0 fully saturated rings. The van der Waals surface area contributed by atoms with Gasteiger partial charge in [-0.05, 0) is 141 Å². The highest BCUT2D eigenvalue weighted by Gasteiger charge is 2.59. The van der Waals surface area contributed by atoms with Gasteiger partial charge in [0.2, 0.25) is 0 Å². The summed E-state index contributed by atoms with van der Waals surface area (Å²) >= 11 is 0. The Balaban J connectivity index is 0.000000141. The summed E-state index contributed by atoms with van der Waals surface area (Å²) in [6.45, 7) is 0. The quantitative estimate of drug-likeness (QED) is 0.122. The predicted molar refractivity (Wildman–Crippen MR) is 457 cm³/mol. The van der Waals surface area contributed by atoms with Crippen molar-refractivity contribution in [2.24, 2.45) is 0 Å². The van der Waals surface area contributed by atoms with Gasteiger partial charge in [0.25, 0.3) is 0 Å². The third kappa shape index (κ3) is 9.96. The minimum absolute atomic E-state index is 0.464. The number of aromatic nitrogens is 3. The first-order valence-corrected chi connectivity index (χ1v) is 38.8. The summed E-state index contributed by atoms with van der Waals surface area (Å²) in [7, 11) is 0. The predicted octanol–water partition coefficient (Wildman–Crippen LogP) is 25.7. The molecule has 4 atom stereocenters. The Bertz CT molecular complexity index is 6060. The second-order valence-corrected chi connectivity index (χ2v) is 29.8. The molecule has 112 heavy (non-hydrogen) atoms. The van der Waals surface area contributed by atoms with Gasteiger partial charge in [-0.25, -0.2) is 15.0 Å². The molecule has 0 N–H and O–H groups in total. The largest absolute Gasteiger partial charge is 0.248 e. The van der Waals surface area contributed by atoms with Crippen LogP contribution in [0.3, 0.4) is 0 Å². The van der Waals surface area contributed by atoms with Gasteiger partial charge in [0.05, 0.1) is 44.4 Å². The van der Waals surface area contributed by atoms with Crippen LogP contribution in [0.4, 0.5) is 0 Å². The molecule has 4 unspecified atom stereocenters. The standard InChI is InChI=1S/C55H37N.C54H36N2/c1-5-18-38(19-6-1)41-36-51(39-20-7-2-8-21-39)56-52(37-41)40-32-34-44(35-33-40)54(42-22-9-3-10-23-42)48-29-15-16-30-49(48)55(43-24-11-4-12-25-43)47-28-14-13-26-45(47)46-27-17-31-50(54)53(46)55;1-5-18-37(19-6-1)49-36-50(56-52(55-49)39-20-7-2-8-21-39)38-32-34-42(35-33-38)53(40-22-9-3-10-23-40)46-29-15-16-30-47(46)54(41-24-11-4-12-25-41)45-28-14-13-26-43(45)44-27-17-31-48(53)51(44)54/h1-37H;1-36H. The lowest BCUT2D eigenvalue weighted by atomic mass is 9.52.